The normalized spacial score (nSPS) is 23.2. The highest BCUT2D eigenvalue weighted by atomic mass is 32.2. The number of unbranched alkanes of at least 4 members (excludes halogenated alkanes) is 1. The minimum Gasteiger partial charge on any atom is -0.316 e. The monoisotopic (exact) mass is 263 g/mol. The van der Waals surface area contributed by atoms with Crippen LogP contribution < -0.4 is 5.32 Å². The molecular weight excluding hydrogens is 238 g/mol. The number of hydrogen-bond acceptors (Lipinski definition) is 3. The summed E-state index contributed by atoms with van der Waals surface area (Å²) < 4.78 is 27.6. The van der Waals surface area contributed by atoms with Crippen molar-refractivity contribution in [2.45, 2.75) is 38.6 Å². The molecule has 1 fully saturated rings. The molecule has 1 heterocycles. The smallest absolute Gasteiger partial charge is 0.281 e. The van der Waals surface area contributed by atoms with E-state index in [0.717, 1.165) is 25.7 Å². The number of hydrogen-bond donors (Lipinski definition) is 1. The minimum atomic E-state index is -3.25. The maximum atomic E-state index is 12.3. The molecule has 0 aromatic heterocycles. The highest BCUT2D eigenvalue weighted by Gasteiger charge is 2.30. The van der Waals surface area contributed by atoms with E-state index in [0.29, 0.717) is 19.6 Å². The first-order valence-electron chi connectivity index (χ1n) is 6.41. The largest absolute Gasteiger partial charge is 0.316 e. The van der Waals surface area contributed by atoms with Gasteiger partial charge in [0.15, 0.2) is 0 Å². The van der Waals surface area contributed by atoms with E-state index in [2.05, 4.69) is 12.2 Å². The van der Waals surface area contributed by atoms with Gasteiger partial charge in [0.25, 0.3) is 10.2 Å². The predicted octanol–water partition coefficient (Wildman–Crippen LogP) is 0.647. The maximum absolute atomic E-state index is 12.3. The van der Waals surface area contributed by atoms with Crippen LogP contribution in [-0.4, -0.2) is 56.8 Å². The quantitative estimate of drug-likeness (QED) is 0.765. The van der Waals surface area contributed by atoms with Gasteiger partial charge in [0.1, 0.15) is 0 Å². The van der Waals surface area contributed by atoms with Crippen LogP contribution in [0.15, 0.2) is 0 Å². The lowest BCUT2D eigenvalue weighted by Crippen LogP contribution is -2.51. The van der Waals surface area contributed by atoms with Crippen LogP contribution >= 0.6 is 0 Å². The Bertz CT molecular complexity index is 319. The first kappa shape index (κ1) is 14.9. The van der Waals surface area contributed by atoms with E-state index in [1.165, 1.54) is 4.31 Å². The zero-order valence-electron chi connectivity index (χ0n) is 11.1. The predicted molar refractivity (Wildman–Crippen MR) is 70.1 cm³/mol. The average Bonchev–Trinajstić information content (AvgIpc) is 2.35. The summed E-state index contributed by atoms with van der Waals surface area (Å²) in [6.45, 7) is 3.92. The van der Waals surface area contributed by atoms with Crippen molar-refractivity contribution in [1.82, 2.24) is 13.9 Å². The highest BCUT2D eigenvalue weighted by Crippen LogP contribution is 2.16. The second-order valence-corrected chi connectivity index (χ2v) is 6.70. The second-order valence-electron chi connectivity index (χ2n) is 4.67. The molecule has 0 aliphatic carbocycles. The van der Waals surface area contributed by atoms with E-state index < -0.39 is 10.2 Å². The average molecular weight is 263 g/mol. The summed E-state index contributed by atoms with van der Waals surface area (Å²) in [5.74, 6) is 0. The van der Waals surface area contributed by atoms with E-state index in [1.807, 2.05) is 7.05 Å². The van der Waals surface area contributed by atoms with Crippen LogP contribution in [0.5, 0.6) is 0 Å². The zero-order chi connectivity index (χ0) is 12.9. The van der Waals surface area contributed by atoms with Crippen molar-refractivity contribution < 1.29 is 8.42 Å². The molecular formula is C11H25N3O2S. The molecule has 0 amide bonds. The Morgan fingerprint density at radius 1 is 1.47 bits per heavy atom. The fourth-order valence-corrected chi connectivity index (χ4v) is 3.56. The SMILES string of the molecule is CCCCN(C)S(=O)(=O)N1CCCC(NC)C1. The molecule has 0 spiro atoms. The van der Waals surface area contributed by atoms with Gasteiger partial charge in [0, 0.05) is 32.7 Å². The Hall–Kier alpha value is -0.170. The van der Waals surface area contributed by atoms with Crippen LogP contribution in [0.25, 0.3) is 0 Å². The van der Waals surface area contributed by atoms with Gasteiger partial charge in [-0.25, -0.2) is 0 Å². The molecule has 0 aromatic rings. The van der Waals surface area contributed by atoms with Crippen LogP contribution in [0, 0.1) is 0 Å². The van der Waals surface area contributed by atoms with Crippen molar-refractivity contribution in [2.75, 3.05) is 33.7 Å². The zero-order valence-corrected chi connectivity index (χ0v) is 12.0. The summed E-state index contributed by atoms with van der Waals surface area (Å²) in [4.78, 5) is 0. The fourth-order valence-electron chi connectivity index (χ4n) is 2.08. The lowest BCUT2D eigenvalue weighted by Gasteiger charge is -2.34. The second kappa shape index (κ2) is 6.68. The summed E-state index contributed by atoms with van der Waals surface area (Å²) in [7, 11) is 0.314. The molecule has 1 N–H and O–H groups in total. The minimum absolute atomic E-state index is 0.290. The van der Waals surface area contributed by atoms with Gasteiger partial charge in [-0.05, 0) is 26.3 Å². The first-order valence-corrected chi connectivity index (χ1v) is 7.80. The van der Waals surface area contributed by atoms with Crippen LogP contribution in [0.1, 0.15) is 32.6 Å². The van der Waals surface area contributed by atoms with E-state index in [-0.39, 0.29) is 6.04 Å². The summed E-state index contributed by atoms with van der Waals surface area (Å²) in [5, 5.41) is 3.16. The van der Waals surface area contributed by atoms with Gasteiger partial charge in [0.05, 0.1) is 0 Å². The Labute approximate surface area is 105 Å². The summed E-state index contributed by atoms with van der Waals surface area (Å²) in [5.41, 5.74) is 0. The third-order valence-electron chi connectivity index (χ3n) is 3.34. The number of likely N-dealkylation sites (N-methyl/N-ethyl adjacent to an activating group) is 1. The maximum Gasteiger partial charge on any atom is 0.281 e. The number of nitrogens with one attached hydrogen (secondary N) is 1. The topological polar surface area (TPSA) is 52.7 Å². The molecule has 0 saturated carbocycles. The van der Waals surface area contributed by atoms with Gasteiger partial charge >= 0.3 is 0 Å². The molecule has 1 aliphatic heterocycles. The molecule has 1 unspecified atom stereocenters. The lowest BCUT2D eigenvalue weighted by atomic mass is 10.1. The molecule has 102 valence electrons. The van der Waals surface area contributed by atoms with Crippen molar-refractivity contribution in [2.24, 2.45) is 0 Å². The van der Waals surface area contributed by atoms with E-state index >= 15 is 0 Å². The molecule has 0 radical (unpaired) electrons. The molecule has 1 rings (SSSR count). The van der Waals surface area contributed by atoms with Crippen molar-refractivity contribution in [3.63, 3.8) is 0 Å². The van der Waals surface area contributed by atoms with Crippen molar-refractivity contribution in [3.05, 3.63) is 0 Å². The summed E-state index contributed by atoms with van der Waals surface area (Å²) in [6.07, 6.45) is 3.92. The first-order chi connectivity index (χ1) is 8.02. The molecule has 17 heavy (non-hydrogen) atoms. The third kappa shape index (κ3) is 3.91. The fraction of sp³-hybridized carbons (Fsp3) is 1.00. The van der Waals surface area contributed by atoms with E-state index in [9.17, 15) is 8.42 Å². The lowest BCUT2D eigenvalue weighted by molar-refractivity contribution is 0.274. The van der Waals surface area contributed by atoms with E-state index in [1.54, 1.807) is 11.4 Å². The van der Waals surface area contributed by atoms with Crippen molar-refractivity contribution in [1.29, 1.82) is 0 Å². The number of nitrogens with zero attached hydrogens (tertiary/aromatic N) is 2. The number of piperidine rings is 1. The molecule has 1 atom stereocenters. The van der Waals surface area contributed by atoms with Gasteiger partial charge in [-0.1, -0.05) is 13.3 Å². The Kier molecular flexibility index (Phi) is 5.85. The molecule has 6 heteroatoms. The Morgan fingerprint density at radius 2 is 2.18 bits per heavy atom. The highest BCUT2D eigenvalue weighted by molar-refractivity contribution is 7.86. The Morgan fingerprint density at radius 3 is 2.76 bits per heavy atom. The van der Waals surface area contributed by atoms with Gasteiger partial charge < -0.3 is 5.32 Å². The summed E-state index contributed by atoms with van der Waals surface area (Å²) >= 11 is 0. The van der Waals surface area contributed by atoms with Crippen molar-refractivity contribution in [3.8, 4) is 0 Å². The van der Waals surface area contributed by atoms with Crippen LogP contribution in [-0.2, 0) is 10.2 Å². The van der Waals surface area contributed by atoms with Gasteiger partial charge in [-0.3, -0.25) is 0 Å². The molecule has 1 saturated heterocycles. The van der Waals surface area contributed by atoms with E-state index in [4.69, 9.17) is 0 Å². The van der Waals surface area contributed by atoms with Gasteiger partial charge in [-0.2, -0.15) is 17.0 Å². The van der Waals surface area contributed by atoms with Crippen LogP contribution in [0.2, 0.25) is 0 Å². The number of rotatable bonds is 6. The van der Waals surface area contributed by atoms with Gasteiger partial charge in [-0.15, -0.1) is 0 Å². The third-order valence-corrected chi connectivity index (χ3v) is 5.29. The molecule has 0 aromatic carbocycles. The Balaban J connectivity index is 2.62. The van der Waals surface area contributed by atoms with Crippen LogP contribution in [0.3, 0.4) is 0 Å². The molecule has 0 bridgehead atoms. The standard InChI is InChI=1S/C11H25N3O2S/c1-4-5-8-13(3)17(15,16)14-9-6-7-11(10-14)12-2/h11-12H,4-10H2,1-3H3. The summed E-state index contributed by atoms with van der Waals surface area (Å²) in [6, 6.07) is 0.290. The van der Waals surface area contributed by atoms with Crippen LogP contribution in [0.4, 0.5) is 0 Å². The molecule has 5 nitrogen and oxygen atoms in total. The van der Waals surface area contributed by atoms with Gasteiger partial charge in [0.2, 0.25) is 0 Å². The molecule has 1 aliphatic rings. The van der Waals surface area contributed by atoms with Crippen molar-refractivity contribution >= 4 is 10.2 Å².